The molecular weight excluding hydrogens is 462 g/mol. The van der Waals surface area contributed by atoms with Gasteiger partial charge in [0.1, 0.15) is 18.3 Å². The predicted octanol–water partition coefficient (Wildman–Crippen LogP) is 3.64. The van der Waals surface area contributed by atoms with E-state index >= 15 is 0 Å². The number of aromatic nitrogens is 2. The van der Waals surface area contributed by atoms with Crippen molar-refractivity contribution in [1.82, 2.24) is 25.5 Å². The average Bonchev–Trinajstić information content (AvgIpc) is 3.44. The van der Waals surface area contributed by atoms with Gasteiger partial charge in [0, 0.05) is 22.4 Å². The van der Waals surface area contributed by atoms with Crippen LogP contribution in [0, 0.1) is 0 Å². The van der Waals surface area contributed by atoms with Crippen molar-refractivity contribution in [1.29, 1.82) is 0 Å². The Balaban J connectivity index is 1.26. The van der Waals surface area contributed by atoms with Crippen LogP contribution in [0.5, 0.6) is 5.75 Å². The van der Waals surface area contributed by atoms with Gasteiger partial charge in [-0.15, -0.1) is 0 Å². The summed E-state index contributed by atoms with van der Waals surface area (Å²) in [4.78, 5) is 19.1. The number of halogens is 1. The highest BCUT2D eigenvalue weighted by atomic mass is 79.9. The van der Waals surface area contributed by atoms with Gasteiger partial charge in [0.25, 0.3) is 5.91 Å². The fraction of sp³-hybridized carbons (Fsp3) is 0.227. The van der Waals surface area contributed by atoms with Crippen LogP contribution in [0.25, 0.3) is 11.4 Å². The molecule has 9 heteroatoms. The van der Waals surface area contributed by atoms with Crippen LogP contribution >= 0.6 is 15.9 Å². The van der Waals surface area contributed by atoms with Crippen LogP contribution < -0.4 is 10.2 Å². The normalized spacial score (nSPS) is 20.3. The summed E-state index contributed by atoms with van der Waals surface area (Å²) >= 11 is 3.41. The minimum atomic E-state index is -0.286. The van der Waals surface area contributed by atoms with E-state index in [1.807, 2.05) is 59.7 Å². The van der Waals surface area contributed by atoms with Crippen molar-refractivity contribution >= 4 is 21.8 Å². The number of fused-ring (bicyclic) bond motifs is 1. The van der Waals surface area contributed by atoms with Gasteiger partial charge < -0.3 is 19.2 Å². The highest BCUT2D eigenvalue weighted by Crippen LogP contribution is 2.32. The van der Waals surface area contributed by atoms with Crippen molar-refractivity contribution in [3.63, 3.8) is 0 Å². The number of hydrazine groups is 1. The number of benzene rings is 2. The summed E-state index contributed by atoms with van der Waals surface area (Å²) in [5.41, 5.74) is 5.36. The number of carbonyl (C=O) groups is 1. The van der Waals surface area contributed by atoms with Gasteiger partial charge >= 0.3 is 0 Å². The monoisotopic (exact) mass is 481 g/mol. The molecule has 5 rings (SSSR count). The number of hydrogen-bond donors (Lipinski definition) is 1. The lowest BCUT2D eigenvalue weighted by molar-refractivity contribution is -0.135. The summed E-state index contributed by atoms with van der Waals surface area (Å²) in [5.74, 6) is 1.69. The summed E-state index contributed by atoms with van der Waals surface area (Å²) in [6.45, 7) is 0.233. The molecule has 3 aromatic rings. The topological polar surface area (TPSA) is 83.7 Å². The number of carbonyl (C=O) groups excluding carboxylic acids is 1. The number of rotatable bonds is 5. The zero-order chi connectivity index (χ0) is 21.4. The first kappa shape index (κ1) is 19.8. The largest absolute Gasteiger partial charge is 0.497 e. The van der Waals surface area contributed by atoms with E-state index < -0.39 is 0 Å². The van der Waals surface area contributed by atoms with Crippen LogP contribution in [-0.4, -0.2) is 39.1 Å². The highest BCUT2D eigenvalue weighted by Gasteiger charge is 2.40. The molecule has 0 aliphatic carbocycles. The Morgan fingerprint density at radius 1 is 1.16 bits per heavy atom. The van der Waals surface area contributed by atoms with Gasteiger partial charge in [-0.3, -0.25) is 4.79 Å². The maximum atomic E-state index is 13.1. The van der Waals surface area contributed by atoms with Gasteiger partial charge in [-0.2, -0.15) is 4.98 Å². The smallest absolute Gasteiger partial charge is 0.251 e. The molecular formula is C22H20BrN5O3. The molecule has 2 unspecified atom stereocenters. The SMILES string of the molecule is COc1ccc(C2CC3C(=O)N(Cc4nc(-c5ccc(Br)cc5)no4)C=CN3N2)cc1. The standard InChI is InChI=1S/C22H20BrN5O3/c1-30-17-8-4-14(5-9-17)18-12-19-22(29)27(10-11-28(19)25-18)13-20-24-21(26-31-20)15-2-6-16(23)7-3-15/h2-11,18-19,25H,12-13H2,1H3. The lowest BCUT2D eigenvalue weighted by atomic mass is 10.0. The van der Waals surface area contributed by atoms with Crippen molar-refractivity contribution in [3.05, 3.63) is 76.9 Å². The van der Waals surface area contributed by atoms with Crippen LogP contribution in [0.4, 0.5) is 0 Å². The predicted molar refractivity (Wildman–Crippen MR) is 116 cm³/mol. The quantitative estimate of drug-likeness (QED) is 0.595. The van der Waals surface area contributed by atoms with Crippen LogP contribution in [0.1, 0.15) is 23.9 Å². The summed E-state index contributed by atoms with van der Waals surface area (Å²) in [6.07, 6.45) is 4.29. The third kappa shape index (κ3) is 3.94. The number of hydrogen-bond acceptors (Lipinski definition) is 7. The molecule has 2 aliphatic rings. The first-order valence-corrected chi connectivity index (χ1v) is 10.7. The highest BCUT2D eigenvalue weighted by molar-refractivity contribution is 9.10. The number of amides is 1. The maximum absolute atomic E-state index is 13.1. The number of nitrogens with one attached hydrogen (secondary N) is 1. The van der Waals surface area contributed by atoms with Crippen molar-refractivity contribution in [3.8, 4) is 17.1 Å². The Bertz CT molecular complexity index is 1110. The van der Waals surface area contributed by atoms with E-state index in [0.29, 0.717) is 18.1 Å². The van der Waals surface area contributed by atoms with E-state index in [9.17, 15) is 4.79 Å². The minimum Gasteiger partial charge on any atom is -0.497 e. The van der Waals surface area contributed by atoms with E-state index in [0.717, 1.165) is 21.3 Å². The Morgan fingerprint density at radius 3 is 2.68 bits per heavy atom. The molecule has 1 aromatic heterocycles. The molecule has 1 amide bonds. The summed E-state index contributed by atoms with van der Waals surface area (Å²) in [5, 5.41) is 5.91. The third-order valence-electron chi connectivity index (χ3n) is 5.47. The van der Waals surface area contributed by atoms with Gasteiger partial charge in [0.2, 0.25) is 11.7 Å². The molecule has 0 spiro atoms. The van der Waals surface area contributed by atoms with Gasteiger partial charge in [-0.1, -0.05) is 33.2 Å². The fourth-order valence-electron chi connectivity index (χ4n) is 3.80. The van der Waals surface area contributed by atoms with Crippen LogP contribution in [0.3, 0.4) is 0 Å². The Morgan fingerprint density at radius 2 is 1.94 bits per heavy atom. The number of ether oxygens (including phenoxy) is 1. The summed E-state index contributed by atoms with van der Waals surface area (Å²) in [7, 11) is 1.65. The second-order valence-corrected chi connectivity index (χ2v) is 8.31. The number of methoxy groups -OCH3 is 1. The zero-order valence-electron chi connectivity index (χ0n) is 16.7. The lowest BCUT2D eigenvalue weighted by Gasteiger charge is -2.30. The van der Waals surface area contributed by atoms with E-state index in [4.69, 9.17) is 9.26 Å². The Labute approximate surface area is 187 Å². The second kappa shape index (κ2) is 8.16. The van der Waals surface area contributed by atoms with Gasteiger partial charge in [-0.05, 0) is 48.4 Å². The Kier molecular flexibility index (Phi) is 5.21. The van der Waals surface area contributed by atoms with Crippen LogP contribution in [-0.2, 0) is 11.3 Å². The van der Waals surface area contributed by atoms with Crippen molar-refractivity contribution < 1.29 is 14.1 Å². The molecule has 1 N–H and O–H groups in total. The maximum Gasteiger partial charge on any atom is 0.251 e. The zero-order valence-corrected chi connectivity index (χ0v) is 18.3. The number of nitrogens with zero attached hydrogens (tertiary/aromatic N) is 4. The molecule has 0 radical (unpaired) electrons. The van der Waals surface area contributed by atoms with Crippen LogP contribution in [0.2, 0.25) is 0 Å². The Hall–Kier alpha value is -3.17. The molecule has 1 saturated heterocycles. The molecule has 8 nitrogen and oxygen atoms in total. The molecule has 0 bridgehead atoms. The van der Waals surface area contributed by atoms with Crippen LogP contribution in [0.15, 0.2) is 69.9 Å². The fourth-order valence-corrected chi connectivity index (χ4v) is 4.07. The minimum absolute atomic E-state index is 0.00518. The van der Waals surface area contributed by atoms with Gasteiger partial charge in [0.05, 0.1) is 13.2 Å². The molecule has 31 heavy (non-hydrogen) atoms. The summed E-state index contributed by atoms with van der Waals surface area (Å²) in [6, 6.07) is 15.3. The van der Waals surface area contributed by atoms with E-state index in [1.54, 1.807) is 18.2 Å². The molecule has 1 fully saturated rings. The molecule has 158 valence electrons. The van der Waals surface area contributed by atoms with Crippen molar-refractivity contribution in [2.24, 2.45) is 0 Å². The first-order chi connectivity index (χ1) is 15.1. The van der Waals surface area contributed by atoms with E-state index in [-0.39, 0.29) is 24.5 Å². The molecule has 2 aromatic carbocycles. The lowest BCUT2D eigenvalue weighted by Crippen LogP contribution is -2.47. The van der Waals surface area contributed by atoms with E-state index in [2.05, 4.69) is 31.5 Å². The molecule has 3 heterocycles. The van der Waals surface area contributed by atoms with Gasteiger partial charge in [0.15, 0.2) is 0 Å². The van der Waals surface area contributed by atoms with Gasteiger partial charge in [-0.25, -0.2) is 5.43 Å². The first-order valence-electron chi connectivity index (χ1n) is 9.86. The third-order valence-corrected chi connectivity index (χ3v) is 6.00. The second-order valence-electron chi connectivity index (χ2n) is 7.40. The van der Waals surface area contributed by atoms with Crippen molar-refractivity contribution in [2.75, 3.05) is 7.11 Å². The molecule has 2 atom stereocenters. The summed E-state index contributed by atoms with van der Waals surface area (Å²) < 4.78 is 11.6. The van der Waals surface area contributed by atoms with E-state index in [1.165, 1.54) is 0 Å². The van der Waals surface area contributed by atoms with Crippen molar-refractivity contribution in [2.45, 2.75) is 25.0 Å². The average molecular weight is 482 g/mol. The molecule has 2 aliphatic heterocycles. The molecule has 0 saturated carbocycles.